The van der Waals surface area contributed by atoms with Crippen LogP contribution in [0.15, 0.2) is 65.3 Å². The van der Waals surface area contributed by atoms with E-state index in [0.717, 1.165) is 72.7 Å². The third-order valence-electron chi connectivity index (χ3n) is 7.68. The highest BCUT2D eigenvalue weighted by molar-refractivity contribution is 6.34. The fourth-order valence-electron chi connectivity index (χ4n) is 5.97. The molecule has 6 rings (SSSR count). The topological polar surface area (TPSA) is 51.4 Å². The molecule has 4 aromatic rings. The second-order valence-electron chi connectivity index (χ2n) is 10.1. The summed E-state index contributed by atoms with van der Waals surface area (Å²) >= 11 is 12.7. The smallest absolute Gasteiger partial charge is 0.141 e. The first-order chi connectivity index (χ1) is 17.9. The summed E-state index contributed by atoms with van der Waals surface area (Å²) in [6.07, 6.45) is 4.71. The van der Waals surface area contributed by atoms with Gasteiger partial charge >= 0.3 is 0 Å². The summed E-state index contributed by atoms with van der Waals surface area (Å²) in [5.74, 6) is 0.820. The van der Waals surface area contributed by atoms with Gasteiger partial charge in [-0.2, -0.15) is 0 Å². The number of hydrogen-bond acceptors (Lipinski definition) is 5. The van der Waals surface area contributed by atoms with Crippen molar-refractivity contribution in [2.45, 2.75) is 51.4 Å². The molecular formula is C30H29Cl2N3O2. The van der Waals surface area contributed by atoms with Gasteiger partial charge in [-0.3, -0.25) is 9.88 Å². The van der Waals surface area contributed by atoms with Crippen LogP contribution >= 0.6 is 23.2 Å². The zero-order valence-electron chi connectivity index (χ0n) is 21.0. The normalized spacial score (nSPS) is 21.8. The number of nitrogens with zero attached hydrogens (tertiary/aromatic N) is 3. The lowest BCUT2D eigenvalue weighted by Crippen LogP contribution is -2.29. The van der Waals surface area contributed by atoms with Gasteiger partial charge in [-0.05, 0) is 80.6 Å². The van der Waals surface area contributed by atoms with Gasteiger partial charge in [0.15, 0.2) is 0 Å². The highest BCUT2D eigenvalue weighted by Crippen LogP contribution is 2.51. The summed E-state index contributed by atoms with van der Waals surface area (Å²) in [5.41, 5.74) is 7.22. The van der Waals surface area contributed by atoms with E-state index in [1.165, 1.54) is 11.1 Å². The van der Waals surface area contributed by atoms with Crippen molar-refractivity contribution >= 4 is 23.2 Å². The number of ether oxygens (including phenoxy) is 1. The minimum atomic E-state index is -0.314. The van der Waals surface area contributed by atoms with E-state index in [9.17, 15) is 0 Å². The van der Waals surface area contributed by atoms with E-state index in [0.29, 0.717) is 10.0 Å². The van der Waals surface area contributed by atoms with E-state index in [4.69, 9.17) is 37.4 Å². The van der Waals surface area contributed by atoms with Crippen LogP contribution in [0.25, 0.3) is 11.1 Å². The van der Waals surface area contributed by atoms with Crippen LogP contribution in [0.4, 0.5) is 0 Å². The van der Waals surface area contributed by atoms with Crippen LogP contribution in [-0.4, -0.2) is 28.1 Å². The Morgan fingerprint density at radius 1 is 1.00 bits per heavy atom. The average Bonchev–Trinajstić information content (AvgIpc) is 3.30. The SMILES string of the molecule is Cc1noc(C)c1-c1ccc(CN2CCCC3(CC2)OC(c2cc(Cl)cc(Cl)c2)c2ccccc23)nc1. The molecule has 2 unspecified atom stereocenters. The zero-order valence-corrected chi connectivity index (χ0v) is 22.5. The Balaban J connectivity index is 1.20. The molecule has 37 heavy (non-hydrogen) atoms. The van der Waals surface area contributed by atoms with E-state index in [1.807, 2.05) is 32.2 Å². The molecule has 190 valence electrons. The number of pyridine rings is 1. The fourth-order valence-corrected chi connectivity index (χ4v) is 6.51. The minimum absolute atomic E-state index is 0.169. The van der Waals surface area contributed by atoms with Gasteiger partial charge in [-0.25, -0.2) is 0 Å². The second kappa shape index (κ2) is 9.88. The van der Waals surface area contributed by atoms with Gasteiger partial charge in [0.05, 0.1) is 17.0 Å². The van der Waals surface area contributed by atoms with Crippen LogP contribution < -0.4 is 0 Å². The number of rotatable bonds is 4. The van der Waals surface area contributed by atoms with E-state index in [1.54, 1.807) is 6.07 Å². The van der Waals surface area contributed by atoms with Gasteiger partial charge in [-0.15, -0.1) is 0 Å². The van der Waals surface area contributed by atoms with Crippen molar-refractivity contribution in [3.05, 3.63) is 105 Å². The fraction of sp³-hybridized carbons (Fsp3) is 0.333. The van der Waals surface area contributed by atoms with Crippen LogP contribution in [-0.2, 0) is 16.9 Å². The Bertz CT molecular complexity index is 1400. The molecule has 7 heteroatoms. The lowest BCUT2D eigenvalue weighted by Gasteiger charge is -2.30. The molecule has 1 fully saturated rings. The third-order valence-corrected chi connectivity index (χ3v) is 8.12. The van der Waals surface area contributed by atoms with E-state index in [-0.39, 0.29) is 11.7 Å². The third kappa shape index (κ3) is 4.70. The summed E-state index contributed by atoms with van der Waals surface area (Å²) in [4.78, 5) is 7.26. The maximum absolute atomic E-state index is 6.94. The van der Waals surface area contributed by atoms with Crippen molar-refractivity contribution < 1.29 is 9.26 Å². The van der Waals surface area contributed by atoms with Gasteiger partial charge in [-0.1, -0.05) is 58.7 Å². The molecule has 0 aliphatic carbocycles. The van der Waals surface area contributed by atoms with Crippen molar-refractivity contribution in [2.24, 2.45) is 0 Å². The maximum atomic E-state index is 6.94. The number of hydrogen-bond donors (Lipinski definition) is 0. The lowest BCUT2D eigenvalue weighted by molar-refractivity contribution is -0.0707. The Hall–Kier alpha value is -2.70. The van der Waals surface area contributed by atoms with Gasteiger partial charge in [0.25, 0.3) is 0 Å². The van der Waals surface area contributed by atoms with Crippen molar-refractivity contribution in [2.75, 3.05) is 13.1 Å². The van der Waals surface area contributed by atoms with Crippen molar-refractivity contribution in [3.8, 4) is 11.1 Å². The molecule has 2 atom stereocenters. The predicted molar refractivity (Wildman–Crippen MR) is 146 cm³/mol. The Kier molecular flexibility index (Phi) is 6.58. The van der Waals surface area contributed by atoms with E-state index >= 15 is 0 Å². The van der Waals surface area contributed by atoms with Gasteiger partial charge < -0.3 is 9.26 Å². The number of likely N-dealkylation sites (tertiary alicyclic amines) is 1. The summed E-state index contributed by atoms with van der Waals surface area (Å²) in [6.45, 7) is 6.65. The molecular weight excluding hydrogens is 505 g/mol. The van der Waals surface area contributed by atoms with Gasteiger partial charge in [0, 0.05) is 40.5 Å². The monoisotopic (exact) mass is 533 g/mol. The lowest BCUT2D eigenvalue weighted by atomic mass is 9.85. The molecule has 4 heterocycles. The first-order valence-electron chi connectivity index (χ1n) is 12.8. The quantitative estimate of drug-likeness (QED) is 0.269. The summed E-state index contributed by atoms with van der Waals surface area (Å²) in [6, 6.07) is 18.5. The summed E-state index contributed by atoms with van der Waals surface area (Å²) in [5, 5.41) is 5.33. The van der Waals surface area contributed by atoms with Crippen molar-refractivity contribution in [1.82, 2.24) is 15.0 Å². The Morgan fingerprint density at radius 2 is 1.81 bits per heavy atom. The summed E-state index contributed by atoms with van der Waals surface area (Å²) < 4.78 is 12.3. The number of fused-ring (bicyclic) bond motifs is 2. The minimum Gasteiger partial charge on any atom is -0.361 e. The van der Waals surface area contributed by atoms with E-state index < -0.39 is 0 Å². The molecule has 0 amide bonds. The molecule has 0 N–H and O–H groups in total. The summed E-state index contributed by atoms with van der Waals surface area (Å²) in [7, 11) is 0. The molecule has 2 aromatic carbocycles. The van der Waals surface area contributed by atoms with Gasteiger partial charge in [0.1, 0.15) is 11.9 Å². The molecule has 0 radical (unpaired) electrons. The van der Waals surface area contributed by atoms with Crippen molar-refractivity contribution in [3.63, 3.8) is 0 Å². The number of aromatic nitrogens is 2. The van der Waals surface area contributed by atoms with Crippen LogP contribution in [0.1, 0.15) is 59.2 Å². The Morgan fingerprint density at radius 3 is 2.54 bits per heavy atom. The number of benzene rings is 2. The Labute approximate surface area is 227 Å². The molecule has 0 saturated carbocycles. The predicted octanol–water partition coefficient (Wildman–Crippen LogP) is 7.66. The molecule has 5 nitrogen and oxygen atoms in total. The van der Waals surface area contributed by atoms with Crippen LogP contribution in [0.2, 0.25) is 10.0 Å². The highest BCUT2D eigenvalue weighted by Gasteiger charge is 2.46. The zero-order chi connectivity index (χ0) is 25.6. The standard InChI is InChI=1S/C30H29Cl2N3O2/c1-19-28(20(2)37-34-19)21-8-9-25(33-17-21)18-35-12-5-10-30(11-13-35)27-7-4-3-6-26(27)29(36-30)22-14-23(31)16-24(32)15-22/h3-4,6-9,14-17,29H,5,10-13,18H2,1-2H3. The first-order valence-corrected chi connectivity index (χ1v) is 13.5. The maximum Gasteiger partial charge on any atom is 0.141 e. The number of halogens is 2. The van der Waals surface area contributed by atoms with Gasteiger partial charge in [0.2, 0.25) is 0 Å². The molecule has 2 aliphatic rings. The second-order valence-corrected chi connectivity index (χ2v) is 11.0. The highest BCUT2D eigenvalue weighted by atomic mass is 35.5. The first kappa shape index (κ1) is 24.6. The average molecular weight is 534 g/mol. The van der Waals surface area contributed by atoms with E-state index in [2.05, 4.69) is 46.5 Å². The van der Waals surface area contributed by atoms with Crippen LogP contribution in [0, 0.1) is 13.8 Å². The largest absolute Gasteiger partial charge is 0.361 e. The van der Waals surface area contributed by atoms with Crippen molar-refractivity contribution in [1.29, 1.82) is 0 Å². The molecule has 1 spiro atoms. The molecule has 2 aromatic heterocycles. The van der Waals surface area contributed by atoms with Crippen LogP contribution in [0.5, 0.6) is 0 Å². The number of aryl methyl sites for hydroxylation is 2. The molecule has 2 aliphatic heterocycles. The van der Waals surface area contributed by atoms with Crippen LogP contribution in [0.3, 0.4) is 0 Å². The molecule has 0 bridgehead atoms. The molecule has 1 saturated heterocycles.